The molecule has 0 amide bonds. The fraction of sp³-hybridized carbons (Fsp3) is 0.333. The van der Waals surface area contributed by atoms with Crippen LogP contribution in [0.5, 0.6) is 0 Å². The molecule has 0 aliphatic heterocycles. The molecule has 0 bridgehead atoms. The predicted octanol–water partition coefficient (Wildman–Crippen LogP) is -0.0589. The summed E-state index contributed by atoms with van der Waals surface area (Å²) in [6, 6.07) is 4.33. The van der Waals surface area contributed by atoms with E-state index in [1.54, 1.807) is 14.1 Å². The van der Waals surface area contributed by atoms with Crippen LogP contribution in [0.2, 0.25) is 0 Å². The number of aliphatic hydroxyl groups is 1. The van der Waals surface area contributed by atoms with E-state index in [1.165, 1.54) is 23.1 Å². The highest BCUT2D eigenvalue weighted by Gasteiger charge is 2.22. The molecule has 1 atom stereocenters. The zero-order valence-corrected chi connectivity index (χ0v) is 8.54. The molecule has 0 fully saturated rings. The fourth-order valence-electron chi connectivity index (χ4n) is 1.27. The van der Waals surface area contributed by atoms with Gasteiger partial charge in [0.15, 0.2) is 0 Å². The second-order valence-electron chi connectivity index (χ2n) is 3.37. The molecule has 0 heterocycles. The summed E-state index contributed by atoms with van der Waals surface area (Å²) in [5, 5.41) is 20.5. The molecule has 0 aliphatic rings. The minimum Gasteiger partial charge on any atom is -0.374 e. The molecule has 1 unspecified atom stereocenters. The third-order valence-corrected chi connectivity index (χ3v) is 2.06. The zero-order chi connectivity index (χ0) is 11.6. The van der Waals surface area contributed by atoms with Crippen molar-refractivity contribution in [2.24, 2.45) is 0 Å². The van der Waals surface area contributed by atoms with Crippen LogP contribution in [0.3, 0.4) is 0 Å². The van der Waals surface area contributed by atoms with Gasteiger partial charge in [-0.15, -0.1) is 0 Å². The van der Waals surface area contributed by atoms with Crippen molar-refractivity contribution in [1.29, 1.82) is 0 Å². The number of hydrogen-bond donors (Lipinski definition) is 1. The van der Waals surface area contributed by atoms with Gasteiger partial charge in [0.05, 0.1) is 10.5 Å². The van der Waals surface area contributed by atoms with Crippen LogP contribution >= 0.6 is 0 Å². The van der Waals surface area contributed by atoms with E-state index in [0.29, 0.717) is 0 Å². The maximum atomic E-state index is 10.7. The van der Waals surface area contributed by atoms with E-state index in [9.17, 15) is 15.2 Å². The first-order valence-corrected chi connectivity index (χ1v) is 4.32. The summed E-state index contributed by atoms with van der Waals surface area (Å²) < 4.78 is 0. The maximum absolute atomic E-state index is 10.7. The lowest BCUT2D eigenvalue weighted by Crippen LogP contribution is -2.26. The van der Waals surface area contributed by atoms with Gasteiger partial charge in [0.25, 0.3) is 5.69 Å². The van der Waals surface area contributed by atoms with Crippen LogP contribution in [-0.4, -0.2) is 36.9 Å². The number of nitrogens with zero attached hydrogens (tertiary/aromatic N) is 2. The van der Waals surface area contributed by atoms with Crippen LogP contribution in [0.15, 0.2) is 18.2 Å². The minimum atomic E-state index is -1.08. The highest BCUT2D eigenvalue weighted by Crippen LogP contribution is 2.23. The monoisotopic (exact) mass is 206 g/mol. The standard InChI is InChI=1S/C9H11BN2O3/c1-11(2)9(13)8-6(10)4-3-5-7(8)12(14)15/h3-5,9,13H,1-2H3. The lowest BCUT2D eigenvalue weighted by Gasteiger charge is -2.20. The van der Waals surface area contributed by atoms with Gasteiger partial charge in [0, 0.05) is 6.07 Å². The molecule has 1 N–H and O–H groups in total. The lowest BCUT2D eigenvalue weighted by atomic mass is 9.88. The number of rotatable bonds is 3. The third-order valence-electron chi connectivity index (χ3n) is 2.06. The second-order valence-corrected chi connectivity index (χ2v) is 3.37. The predicted molar refractivity (Wildman–Crippen MR) is 57.1 cm³/mol. The average molecular weight is 206 g/mol. The first-order chi connectivity index (χ1) is 6.95. The lowest BCUT2D eigenvalue weighted by molar-refractivity contribution is -0.386. The van der Waals surface area contributed by atoms with Crippen molar-refractivity contribution in [3.63, 3.8) is 0 Å². The smallest absolute Gasteiger partial charge is 0.275 e. The van der Waals surface area contributed by atoms with E-state index in [2.05, 4.69) is 0 Å². The van der Waals surface area contributed by atoms with Crippen molar-refractivity contribution in [3.05, 3.63) is 33.9 Å². The third kappa shape index (κ3) is 2.34. The molecule has 6 heteroatoms. The summed E-state index contributed by atoms with van der Waals surface area (Å²) in [6.07, 6.45) is -1.08. The van der Waals surface area contributed by atoms with Gasteiger partial charge in [0.1, 0.15) is 14.1 Å². The van der Waals surface area contributed by atoms with Crippen LogP contribution in [0, 0.1) is 10.1 Å². The molecule has 2 radical (unpaired) electrons. The topological polar surface area (TPSA) is 66.6 Å². The average Bonchev–Trinajstić information content (AvgIpc) is 2.16. The van der Waals surface area contributed by atoms with Crippen molar-refractivity contribution in [3.8, 4) is 0 Å². The first kappa shape index (κ1) is 11.7. The molecule has 15 heavy (non-hydrogen) atoms. The summed E-state index contributed by atoms with van der Waals surface area (Å²) in [4.78, 5) is 11.6. The molecule has 0 spiro atoms. The first-order valence-electron chi connectivity index (χ1n) is 4.32. The zero-order valence-electron chi connectivity index (χ0n) is 8.54. The quantitative estimate of drug-likeness (QED) is 0.325. The Morgan fingerprint density at radius 2 is 2.13 bits per heavy atom. The SMILES string of the molecule is [B]c1cccc([N+](=O)[O-])c1C(O)N(C)C. The van der Waals surface area contributed by atoms with E-state index in [4.69, 9.17) is 7.85 Å². The summed E-state index contributed by atoms with van der Waals surface area (Å²) >= 11 is 0. The van der Waals surface area contributed by atoms with Gasteiger partial charge in [0.2, 0.25) is 0 Å². The number of benzene rings is 1. The molecule has 1 rings (SSSR count). The number of nitro groups is 1. The van der Waals surface area contributed by atoms with Gasteiger partial charge >= 0.3 is 0 Å². The van der Waals surface area contributed by atoms with Gasteiger partial charge in [-0.3, -0.25) is 15.0 Å². The highest BCUT2D eigenvalue weighted by atomic mass is 16.6. The van der Waals surface area contributed by atoms with Crippen LogP contribution in [0.25, 0.3) is 0 Å². The Morgan fingerprint density at radius 3 is 2.60 bits per heavy atom. The van der Waals surface area contributed by atoms with Gasteiger partial charge in [-0.2, -0.15) is 0 Å². The Bertz CT molecular complexity index is 382. The van der Waals surface area contributed by atoms with Crippen LogP contribution in [0.1, 0.15) is 11.8 Å². The normalized spacial score (nSPS) is 12.8. The second kappa shape index (κ2) is 4.42. The Labute approximate surface area is 88.9 Å². The van der Waals surface area contributed by atoms with Gasteiger partial charge in [-0.1, -0.05) is 17.6 Å². The van der Waals surface area contributed by atoms with E-state index in [-0.39, 0.29) is 16.7 Å². The molecule has 0 aromatic heterocycles. The van der Waals surface area contributed by atoms with Crippen LogP contribution < -0.4 is 5.46 Å². The Morgan fingerprint density at radius 1 is 1.53 bits per heavy atom. The molecular formula is C9H11BN2O3. The largest absolute Gasteiger partial charge is 0.374 e. The van der Waals surface area contributed by atoms with Crippen molar-refractivity contribution in [2.75, 3.05) is 14.1 Å². The molecule has 78 valence electrons. The van der Waals surface area contributed by atoms with Gasteiger partial charge in [-0.05, 0) is 14.1 Å². The molecule has 1 aromatic carbocycles. The van der Waals surface area contributed by atoms with Crippen molar-refractivity contribution in [1.82, 2.24) is 4.90 Å². The van der Waals surface area contributed by atoms with Crippen LogP contribution in [-0.2, 0) is 0 Å². The van der Waals surface area contributed by atoms with Crippen molar-refractivity contribution >= 4 is 19.0 Å². The molecule has 0 saturated carbocycles. The van der Waals surface area contributed by atoms with E-state index in [1.807, 2.05) is 0 Å². The highest BCUT2D eigenvalue weighted by molar-refractivity contribution is 6.33. The Balaban J connectivity index is 3.30. The fourth-order valence-corrected chi connectivity index (χ4v) is 1.27. The molecule has 5 nitrogen and oxygen atoms in total. The molecule has 0 saturated heterocycles. The molecule has 1 aromatic rings. The minimum absolute atomic E-state index is 0.132. The van der Waals surface area contributed by atoms with Gasteiger partial charge < -0.3 is 5.11 Å². The van der Waals surface area contributed by atoms with Crippen molar-refractivity contribution < 1.29 is 10.0 Å². The number of hydrogen-bond acceptors (Lipinski definition) is 4. The Hall–Kier alpha value is -1.40. The maximum Gasteiger partial charge on any atom is 0.275 e. The number of nitro benzene ring substituents is 1. The summed E-state index contributed by atoms with van der Waals surface area (Å²) in [6.45, 7) is 0. The van der Waals surface area contributed by atoms with Crippen molar-refractivity contribution in [2.45, 2.75) is 6.23 Å². The summed E-state index contributed by atoms with van der Waals surface area (Å²) in [5.41, 5.74) is 0.175. The summed E-state index contributed by atoms with van der Waals surface area (Å²) in [7, 11) is 8.83. The van der Waals surface area contributed by atoms with Crippen LogP contribution in [0.4, 0.5) is 5.69 Å². The van der Waals surface area contributed by atoms with Gasteiger partial charge in [-0.25, -0.2) is 0 Å². The Kier molecular flexibility index (Phi) is 3.44. The van der Waals surface area contributed by atoms with E-state index in [0.717, 1.165) is 0 Å². The molecule has 0 aliphatic carbocycles. The van der Waals surface area contributed by atoms with E-state index >= 15 is 0 Å². The van der Waals surface area contributed by atoms with E-state index < -0.39 is 11.2 Å². The molecular weight excluding hydrogens is 195 g/mol. The summed E-state index contributed by atoms with van der Waals surface area (Å²) in [5.74, 6) is 0. The number of aliphatic hydroxyl groups excluding tert-OH is 1.